The highest BCUT2D eigenvalue weighted by molar-refractivity contribution is 7.90. The number of hydrogen-bond acceptors (Lipinski definition) is 5. The van der Waals surface area contributed by atoms with E-state index < -0.39 is 15.8 Å². The van der Waals surface area contributed by atoms with Crippen molar-refractivity contribution in [3.05, 3.63) is 101 Å². The Bertz CT molecular complexity index is 1390. The van der Waals surface area contributed by atoms with Gasteiger partial charge in [-0.05, 0) is 73.7 Å². The Hall–Kier alpha value is -3.20. The summed E-state index contributed by atoms with van der Waals surface area (Å²) < 4.78 is 23.4. The number of likely N-dealkylation sites (N-methyl/N-ethyl adjacent to an activating group) is 1. The summed E-state index contributed by atoms with van der Waals surface area (Å²) in [5, 5.41) is 9.28. The van der Waals surface area contributed by atoms with E-state index in [0.717, 1.165) is 50.0 Å². The van der Waals surface area contributed by atoms with Gasteiger partial charge in [0.2, 0.25) is 5.91 Å². The third-order valence-electron chi connectivity index (χ3n) is 7.86. The molecule has 9 heteroatoms. The molecule has 1 fully saturated rings. The molecule has 41 heavy (non-hydrogen) atoms. The highest BCUT2D eigenvalue weighted by Gasteiger charge is 2.27. The van der Waals surface area contributed by atoms with Crippen molar-refractivity contribution in [2.45, 2.75) is 49.5 Å². The van der Waals surface area contributed by atoms with Gasteiger partial charge in [-0.1, -0.05) is 54.6 Å². The molecule has 0 saturated carbocycles. The summed E-state index contributed by atoms with van der Waals surface area (Å²) >= 11 is 0. The molecule has 1 saturated heterocycles. The lowest BCUT2D eigenvalue weighted by Gasteiger charge is -2.38. The number of hydrogen-bond donors (Lipinski definition) is 1. The van der Waals surface area contributed by atoms with E-state index in [1.54, 1.807) is 36.4 Å². The standard InChI is InChI=1S/C32H38N2O5S.ClH/c1-3-34(31(35)23-24-9-15-29(16-10-24)40(2,38)39)28-17-20-33(21-18-28)22-19-30(25-7-5-4-6-8-25)26-11-13-27(14-12-26)32(36)37;/h4-16,28,30H,3,17-23H2,1-2H3,(H,36,37);1H. The van der Waals surface area contributed by atoms with Crippen LogP contribution < -0.4 is 0 Å². The molecule has 1 heterocycles. The maximum Gasteiger partial charge on any atom is 0.335 e. The number of aromatic carboxylic acids is 1. The topological polar surface area (TPSA) is 95.0 Å². The number of sulfone groups is 1. The summed E-state index contributed by atoms with van der Waals surface area (Å²) in [6.07, 6.45) is 4.18. The summed E-state index contributed by atoms with van der Waals surface area (Å²) in [5.74, 6) is -0.679. The quantitative estimate of drug-likeness (QED) is 0.322. The van der Waals surface area contributed by atoms with Crippen molar-refractivity contribution in [3.8, 4) is 0 Å². The number of piperidine rings is 1. The largest absolute Gasteiger partial charge is 0.478 e. The van der Waals surface area contributed by atoms with Gasteiger partial charge in [0.1, 0.15) is 0 Å². The second-order valence-electron chi connectivity index (χ2n) is 10.5. The first-order valence-corrected chi connectivity index (χ1v) is 15.7. The first-order valence-electron chi connectivity index (χ1n) is 13.8. The Morgan fingerprint density at radius 3 is 2.05 bits per heavy atom. The number of carboxylic acid groups (broad SMARTS) is 1. The first-order chi connectivity index (χ1) is 19.2. The minimum atomic E-state index is -3.26. The fourth-order valence-electron chi connectivity index (χ4n) is 5.60. The minimum Gasteiger partial charge on any atom is -0.478 e. The van der Waals surface area contributed by atoms with Crippen LogP contribution in [0.15, 0.2) is 83.8 Å². The van der Waals surface area contributed by atoms with Crippen LogP contribution in [0.2, 0.25) is 0 Å². The zero-order valence-corrected chi connectivity index (χ0v) is 25.2. The first kappa shape index (κ1) is 32.3. The van der Waals surface area contributed by atoms with E-state index >= 15 is 0 Å². The molecule has 3 aromatic rings. The lowest BCUT2D eigenvalue weighted by Crippen LogP contribution is -2.48. The molecule has 0 bridgehead atoms. The van der Waals surface area contributed by atoms with Crippen LogP contribution in [0.1, 0.15) is 59.2 Å². The minimum absolute atomic E-state index is 0. The molecule has 0 radical (unpaired) electrons. The molecular weight excluding hydrogens is 560 g/mol. The van der Waals surface area contributed by atoms with Gasteiger partial charge >= 0.3 is 5.97 Å². The smallest absolute Gasteiger partial charge is 0.335 e. The number of benzene rings is 3. The Kier molecular flexibility index (Phi) is 11.5. The van der Waals surface area contributed by atoms with E-state index in [2.05, 4.69) is 17.0 Å². The molecule has 0 aromatic heterocycles. The van der Waals surface area contributed by atoms with Gasteiger partial charge in [-0.15, -0.1) is 12.4 Å². The predicted octanol–water partition coefficient (Wildman–Crippen LogP) is 5.29. The highest BCUT2D eigenvalue weighted by atomic mass is 35.5. The molecule has 1 atom stereocenters. The molecule has 220 valence electrons. The van der Waals surface area contributed by atoms with Crippen molar-refractivity contribution in [1.29, 1.82) is 0 Å². The Morgan fingerprint density at radius 1 is 0.927 bits per heavy atom. The van der Waals surface area contributed by atoms with E-state index in [1.165, 1.54) is 11.8 Å². The van der Waals surface area contributed by atoms with Crippen LogP contribution in [0.25, 0.3) is 0 Å². The summed E-state index contributed by atoms with van der Waals surface area (Å²) in [6.45, 7) is 5.40. The molecule has 1 aliphatic rings. The maximum absolute atomic E-state index is 13.2. The van der Waals surface area contributed by atoms with Gasteiger partial charge < -0.3 is 14.9 Å². The zero-order chi connectivity index (χ0) is 28.7. The zero-order valence-electron chi connectivity index (χ0n) is 23.6. The number of nitrogens with zero attached hydrogens (tertiary/aromatic N) is 2. The van der Waals surface area contributed by atoms with Crippen molar-refractivity contribution in [3.63, 3.8) is 0 Å². The number of rotatable bonds is 11. The molecule has 1 unspecified atom stereocenters. The summed E-state index contributed by atoms with van der Waals surface area (Å²) in [7, 11) is -3.26. The Balaban J connectivity index is 0.00000462. The number of carbonyl (C=O) groups excluding carboxylic acids is 1. The third kappa shape index (κ3) is 8.64. The van der Waals surface area contributed by atoms with Crippen LogP contribution in [0.4, 0.5) is 0 Å². The highest BCUT2D eigenvalue weighted by Crippen LogP contribution is 2.29. The van der Waals surface area contributed by atoms with Gasteiger partial charge in [0.05, 0.1) is 16.9 Å². The lowest BCUT2D eigenvalue weighted by molar-refractivity contribution is -0.133. The van der Waals surface area contributed by atoms with Gasteiger partial charge in [-0.2, -0.15) is 0 Å². The molecule has 1 N–H and O–H groups in total. The summed E-state index contributed by atoms with van der Waals surface area (Å²) in [4.78, 5) is 29.2. The summed E-state index contributed by atoms with van der Waals surface area (Å²) in [6, 6.07) is 24.3. The van der Waals surface area contributed by atoms with Crippen molar-refractivity contribution in [2.24, 2.45) is 0 Å². The Morgan fingerprint density at radius 2 is 1.51 bits per heavy atom. The van der Waals surface area contributed by atoms with Gasteiger partial charge in [0.25, 0.3) is 0 Å². The van der Waals surface area contributed by atoms with Crippen LogP contribution in [0.5, 0.6) is 0 Å². The van der Waals surface area contributed by atoms with Gasteiger partial charge in [0, 0.05) is 37.8 Å². The van der Waals surface area contributed by atoms with E-state index in [1.807, 2.05) is 42.2 Å². The Labute approximate surface area is 249 Å². The predicted molar refractivity (Wildman–Crippen MR) is 164 cm³/mol. The molecule has 0 spiro atoms. The second-order valence-corrected chi connectivity index (χ2v) is 12.5. The molecule has 0 aliphatic carbocycles. The fraction of sp³-hybridized carbons (Fsp3) is 0.375. The maximum atomic E-state index is 13.2. The lowest BCUT2D eigenvalue weighted by atomic mass is 9.87. The number of carboxylic acids is 1. The second kappa shape index (κ2) is 14.6. The molecular formula is C32H39ClN2O5S. The SMILES string of the molecule is CCN(C(=O)Cc1ccc(S(C)(=O)=O)cc1)C1CCN(CCC(c2ccccc2)c2ccc(C(=O)O)cc2)CC1.Cl. The molecule has 7 nitrogen and oxygen atoms in total. The number of likely N-dealkylation sites (tertiary alicyclic amines) is 1. The molecule has 4 rings (SSSR count). The average molecular weight is 599 g/mol. The van der Waals surface area contributed by atoms with Crippen LogP contribution in [0.3, 0.4) is 0 Å². The van der Waals surface area contributed by atoms with Gasteiger partial charge in [0.15, 0.2) is 9.84 Å². The van der Waals surface area contributed by atoms with Gasteiger partial charge in [-0.25, -0.2) is 13.2 Å². The molecule has 1 aliphatic heterocycles. The average Bonchev–Trinajstić information content (AvgIpc) is 2.95. The molecule has 3 aromatic carbocycles. The van der Waals surface area contributed by atoms with Crippen molar-refractivity contribution in [2.75, 3.05) is 32.4 Å². The van der Waals surface area contributed by atoms with Crippen LogP contribution in [0, 0.1) is 0 Å². The van der Waals surface area contributed by atoms with Crippen molar-refractivity contribution >= 4 is 34.1 Å². The summed E-state index contributed by atoms with van der Waals surface area (Å²) in [5.41, 5.74) is 3.43. The van der Waals surface area contributed by atoms with Crippen LogP contribution >= 0.6 is 12.4 Å². The third-order valence-corrected chi connectivity index (χ3v) is 8.99. The normalized spacial score (nSPS) is 15.1. The van der Waals surface area contributed by atoms with Crippen molar-refractivity contribution in [1.82, 2.24) is 9.80 Å². The number of amides is 1. The van der Waals surface area contributed by atoms with E-state index in [0.29, 0.717) is 12.1 Å². The van der Waals surface area contributed by atoms with E-state index in [9.17, 15) is 23.1 Å². The number of halogens is 1. The number of carbonyl (C=O) groups is 2. The van der Waals surface area contributed by atoms with Crippen molar-refractivity contribution < 1.29 is 23.1 Å². The van der Waals surface area contributed by atoms with Gasteiger partial charge in [-0.3, -0.25) is 4.79 Å². The van der Waals surface area contributed by atoms with E-state index in [4.69, 9.17) is 0 Å². The molecule has 1 amide bonds. The van der Waals surface area contributed by atoms with E-state index in [-0.39, 0.29) is 41.6 Å². The fourth-order valence-corrected chi connectivity index (χ4v) is 6.23. The monoisotopic (exact) mass is 598 g/mol. The van der Waals surface area contributed by atoms with Crippen LogP contribution in [-0.4, -0.2) is 73.7 Å². The van der Waals surface area contributed by atoms with Crippen LogP contribution in [-0.2, 0) is 21.1 Å².